The van der Waals surface area contributed by atoms with Gasteiger partial charge in [-0.2, -0.15) is 0 Å². The molecule has 0 aliphatic carbocycles. The van der Waals surface area contributed by atoms with Gasteiger partial charge in [0, 0.05) is 12.6 Å². The summed E-state index contributed by atoms with van der Waals surface area (Å²) in [6.45, 7) is 2.77. The number of nitrogens with one attached hydrogen (secondary N) is 2. The van der Waals surface area contributed by atoms with Crippen molar-refractivity contribution < 1.29 is 9.53 Å². The molecular weight excluding hydrogens is 338 g/mol. The molecule has 0 unspecified atom stereocenters. The summed E-state index contributed by atoms with van der Waals surface area (Å²) in [6, 6.07) is 11.8. The van der Waals surface area contributed by atoms with Crippen LogP contribution >= 0.6 is 11.3 Å². The molecule has 1 aromatic carbocycles. The summed E-state index contributed by atoms with van der Waals surface area (Å²) in [6.07, 6.45) is 2.95. The van der Waals surface area contributed by atoms with Gasteiger partial charge in [0.15, 0.2) is 5.13 Å². The lowest BCUT2D eigenvalue weighted by Gasteiger charge is -2.07. The highest BCUT2D eigenvalue weighted by atomic mass is 32.1. The van der Waals surface area contributed by atoms with Gasteiger partial charge >= 0.3 is 5.97 Å². The lowest BCUT2D eigenvalue weighted by atomic mass is 10.2. The molecule has 2 heterocycles. The fourth-order valence-corrected chi connectivity index (χ4v) is 2.77. The summed E-state index contributed by atoms with van der Waals surface area (Å²) in [5.41, 5.74) is 1.16. The number of rotatable bonds is 7. The molecule has 0 spiro atoms. The van der Waals surface area contributed by atoms with E-state index in [-0.39, 0.29) is 5.97 Å². The Morgan fingerprint density at radius 2 is 1.96 bits per heavy atom. The average molecular weight is 355 g/mol. The highest BCUT2D eigenvalue weighted by molar-refractivity contribution is 7.17. The number of anilines is 3. The molecule has 8 heteroatoms. The molecular formula is C17H17N5O2S. The lowest BCUT2D eigenvalue weighted by Crippen LogP contribution is -2.03. The van der Waals surface area contributed by atoms with Crippen molar-refractivity contribution in [2.45, 2.75) is 13.5 Å². The first-order chi connectivity index (χ1) is 12.2. The number of carbonyl (C=O) groups excluding carboxylic acids is 1. The Morgan fingerprint density at radius 1 is 1.16 bits per heavy atom. The Morgan fingerprint density at radius 3 is 2.76 bits per heavy atom. The molecule has 0 aliphatic heterocycles. The monoisotopic (exact) mass is 355 g/mol. The van der Waals surface area contributed by atoms with Gasteiger partial charge in [-0.05, 0) is 12.5 Å². The second-order valence-electron chi connectivity index (χ2n) is 5.00. The maximum Gasteiger partial charge on any atom is 0.350 e. The number of hydrogen-bond acceptors (Lipinski definition) is 8. The van der Waals surface area contributed by atoms with E-state index in [9.17, 15) is 4.79 Å². The van der Waals surface area contributed by atoms with Crippen molar-refractivity contribution in [3.63, 3.8) is 0 Å². The van der Waals surface area contributed by atoms with E-state index in [1.807, 2.05) is 30.3 Å². The Hall–Kier alpha value is -3.00. The molecule has 25 heavy (non-hydrogen) atoms. The van der Waals surface area contributed by atoms with Gasteiger partial charge in [-0.3, -0.25) is 0 Å². The fourth-order valence-electron chi connectivity index (χ4n) is 2.05. The van der Waals surface area contributed by atoms with E-state index in [1.54, 1.807) is 13.0 Å². The molecule has 3 rings (SSSR count). The van der Waals surface area contributed by atoms with Crippen LogP contribution in [0.15, 0.2) is 48.9 Å². The Balaban J connectivity index is 1.62. The van der Waals surface area contributed by atoms with Gasteiger partial charge in [-0.25, -0.2) is 19.7 Å². The first-order valence-electron chi connectivity index (χ1n) is 7.74. The Kier molecular flexibility index (Phi) is 5.53. The van der Waals surface area contributed by atoms with Gasteiger partial charge < -0.3 is 15.4 Å². The zero-order valence-corrected chi connectivity index (χ0v) is 14.4. The van der Waals surface area contributed by atoms with Gasteiger partial charge in [0.05, 0.1) is 12.8 Å². The molecule has 0 saturated heterocycles. The predicted molar refractivity (Wildman–Crippen MR) is 97.2 cm³/mol. The number of hydrogen-bond donors (Lipinski definition) is 2. The van der Waals surface area contributed by atoms with Crippen LogP contribution in [0.25, 0.3) is 0 Å². The largest absolute Gasteiger partial charge is 0.462 e. The van der Waals surface area contributed by atoms with E-state index in [0.717, 1.165) is 5.56 Å². The summed E-state index contributed by atoms with van der Waals surface area (Å²) in [5.74, 6) is 0.916. The standard InChI is InChI=1S/C17H17N5O2S/c1-2-24-16(23)13-10-19-17(25-13)22-15-8-14(20-11-21-15)18-9-12-6-4-3-5-7-12/h3-8,10-11H,2,9H2,1H3,(H2,18,19,20,21,22). The lowest BCUT2D eigenvalue weighted by molar-refractivity contribution is 0.0532. The third kappa shape index (κ3) is 4.74. The molecule has 2 N–H and O–H groups in total. The fraction of sp³-hybridized carbons (Fsp3) is 0.176. The quantitative estimate of drug-likeness (QED) is 0.627. The maximum absolute atomic E-state index is 11.7. The van der Waals surface area contributed by atoms with E-state index in [4.69, 9.17) is 4.74 Å². The van der Waals surface area contributed by atoms with Crippen LogP contribution < -0.4 is 10.6 Å². The summed E-state index contributed by atoms with van der Waals surface area (Å²) >= 11 is 1.21. The van der Waals surface area contributed by atoms with Crippen molar-refractivity contribution in [2.75, 3.05) is 17.2 Å². The summed E-state index contributed by atoms with van der Waals surface area (Å²) in [5, 5.41) is 6.88. The molecule has 0 amide bonds. The van der Waals surface area contributed by atoms with Crippen molar-refractivity contribution in [3.05, 3.63) is 59.4 Å². The number of nitrogens with zero attached hydrogens (tertiary/aromatic N) is 3. The van der Waals surface area contributed by atoms with Crippen LogP contribution in [0.1, 0.15) is 22.2 Å². The first-order valence-corrected chi connectivity index (χ1v) is 8.56. The van der Waals surface area contributed by atoms with E-state index in [2.05, 4.69) is 25.6 Å². The number of esters is 1. The van der Waals surface area contributed by atoms with Crippen molar-refractivity contribution >= 4 is 34.1 Å². The van der Waals surface area contributed by atoms with Crippen molar-refractivity contribution in [3.8, 4) is 0 Å². The van der Waals surface area contributed by atoms with Gasteiger partial charge in [-0.15, -0.1) is 0 Å². The summed E-state index contributed by atoms with van der Waals surface area (Å²) in [7, 11) is 0. The van der Waals surface area contributed by atoms with Crippen LogP contribution in [-0.2, 0) is 11.3 Å². The van der Waals surface area contributed by atoms with E-state index in [1.165, 1.54) is 23.9 Å². The number of benzene rings is 1. The van der Waals surface area contributed by atoms with Crippen LogP contribution in [0, 0.1) is 0 Å². The molecule has 0 atom stereocenters. The average Bonchev–Trinajstić information content (AvgIpc) is 3.10. The molecule has 7 nitrogen and oxygen atoms in total. The van der Waals surface area contributed by atoms with Crippen LogP contribution in [-0.4, -0.2) is 27.5 Å². The summed E-state index contributed by atoms with van der Waals surface area (Å²) in [4.78, 5) is 24.6. The minimum atomic E-state index is -0.374. The van der Waals surface area contributed by atoms with Gasteiger partial charge in [0.25, 0.3) is 0 Å². The van der Waals surface area contributed by atoms with Crippen LogP contribution in [0.4, 0.5) is 16.8 Å². The van der Waals surface area contributed by atoms with Gasteiger partial charge in [0.2, 0.25) is 0 Å². The molecule has 0 bridgehead atoms. The van der Waals surface area contributed by atoms with Crippen LogP contribution in [0.3, 0.4) is 0 Å². The number of carbonyl (C=O) groups is 1. The third-order valence-corrected chi connectivity index (χ3v) is 4.09. The SMILES string of the molecule is CCOC(=O)c1cnc(Nc2cc(NCc3ccccc3)ncn2)s1. The topological polar surface area (TPSA) is 89.0 Å². The third-order valence-electron chi connectivity index (χ3n) is 3.20. The normalized spacial score (nSPS) is 10.3. The van der Waals surface area contributed by atoms with Crippen molar-refractivity contribution in [1.82, 2.24) is 15.0 Å². The second kappa shape index (κ2) is 8.20. The number of ether oxygens (including phenoxy) is 1. The highest BCUT2D eigenvalue weighted by Crippen LogP contribution is 2.23. The number of thiazole rings is 1. The number of aromatic nitrogens is 3. The van der Waals surface area contributed by atoms with Crippen molar-refractivity contribution in [2.24, 2.45) is 0 Å². The second-order valence-corrected chi connectivity index (χ2v) is 6.03. The molecule has 0 saturated carbocycles. The molecule has 3 aromatic rings. The van der Waals surface area contributed by atoms with Crippen molar-refractivity contribution in [1.29, 1.82) is 0 Å². The predicted octanol–water partition coefficient (Wildman–Crippen LogP) is 3.47. The molecule has 0 fully saturated rings. The maximum atomic E-state index is 11.7. The minimum Gasteiger partial charge on any atom is -0.462 e. The zero-order chi connectivity index (χ0) is 17.5. The molecule has 0 aliphatic rings. The Bertz CT molecular complexity index is 838. The highest BCUT2D eigenvalue weighted by Gasteiger charge is 2.12. The van der Waals surface area contributed by atoms with Crippen LogP contribution in [0.2, 0.25) is 0 Å². The van der Waals surface area contributed by atoms with E-state index >= 15 is 0 Å². The summed E-state index contributed by atoms with van der Waals surface area (Å²) < 4.78 is 4.95. The zero-order valence-electron chi connectivity index (χ0n) is 13.6. The molecule has 2 aromatic heterocycles. The smallest absolute Gasteiger partial charge is 0.350 e. The molecule has 0 radical (unpaired) electrons. The minimum absolute atomic E-state index is 0.335. The van der Waals surface area contributed by atoms with Crippen LogP contribution in [0.5, 0.6) is 0 Å². The van der Waals surface area contributed by atoms with E-state index in [0.29, 0.717) is 34.8 Å². The van der Waals surface area contributed by atoms with E-state index < -0.39 is 0 Å². The van der Waals surface area contributed by atoms with Gasteiger partial charge in [0.1, 0.15) is 22.8 Å². The first kappa shape index (κ1) is 16.8. The Labute approximate surface area is 149 Å². The van der Waals surface area contributed by atoms with Gasteiger partial charge in [-0.1, -0.05) is 41.7 Å². The molecule has 128 valence electrons.